The van der Waals surface area contributed by atoms with Gasteiger partial charge in [0.25, 0.3) is 0 Å². The van der Waals surface area contributed by atoms with Crippen LogP contribution in [-0.4, -0.2) is 53.9 Å². The summed E-state index contributed by atoms with van der Waals surface area (Å²) in [6, 6.07) is -0.0715. The Morgan fingerprint density at radius 1 is 1.40 bits per heavy atom. The quantitative estimate of drug-likeness (QED) is 0.816. The van der Waals surface area contributed by atoms with E-state index in [0.717, 1.165) is 0 Å². The average molecular weight is 296 g/mol. The normalized spacial score (nSPS) is 23.3. The van der Waals surface area contributed by atoms with Gasteiger partial charge in [0.2, 0.25) is 0 Å². The van der Waals surface area contributed by atoms with Crippen molar-refractivity contribution >= 4 is 5.97 Å². The van der Waals surface area contributed by atoms with Crippen molar-refractivity contribution in [3.63, 3.8) is 0 Å². The van der Waals surface area contributed by atoms with Crippen LogP contribution >= 0.6 is 0 Å². The summed E-state index contributed by atoms with van der Waals surface area (Å²) in [5.74, 6) is -2.17. The Bertz CT molecular complexity index is 341. The minimum atomic E-state index is -4.12. The molecule has 0 amide bonds. The number of carboxylic acids is 1. The number of halogens is 3. The molecule has 1 heterocycles. The summed E-state index contributed by atoms with van der Waals surface area (Å²) in [7, 11) is 1.58. The zero-order valence-corrected chi connectivity index (χ0v) is 12.1. The molecule has 0 aromatic heterocycles. The lowest BCUT2D eigenvalue weighted by atomic mass is 9.90. The SMILES string of the molecule is CNC(C)(CC(C)N1CCC(C(F)(F)F)CC1)C(=O)O. The number of rotatable bonds is 5. The number of hydrogen-bond acceptors (Lipinski definition) is 3. The maximum absolute atomic E-state index is 12.6. The van der Waals surface area contributed by atoms with Gasteiger partial charge in [-0.1, -0.05) is 0 Å². The maximum atomic E-state index is 12.6. The number of carbonyl (C=O) groups is 1. The topological polar surface area (TPSA) is 52.6 Å². The molecule has 0 aromatic rings. The van der Waals surface area contributed by atoms with Crippen LogP contribution in [0.2, 0.25) is 0 Å². The number of piperidine rings is 1. The number of aliphatic carboxylic acids is 1. The van der Waals surface area contributed by atoms with Crippen LogP contribution < -0.4 is 5.32 Å². The molecule has 1 rings (SSSR count). The third kappa shape index (κ3) is 4.09. The first-order valence-electron chi connectivity index (χ1n) is 6.83. The Labute approximate surface area is 117 Å². The molecule has 4 nitrogen and oxygen atoms in total. The third-order valence-corrected chi connectivity index (χ3v) is 4.34. The second-order valence-corrected chi connectivity index (χ2v) is 5.79. The predicted molar refractivity (Wildman–Crippen MR) is 69.5 cm³/mol. The zero-order valence-electron chi connectivity index (χ0n) is 12.1. The number of likely N-dealkylation sites (N-methyl/N-ethyl adjacent to an activating group) is 1. The Kier molecular flexibility index (Phi) is 5.43. The molecule has 1 aliphatic heterocycles. The van der Waals surface area contributed by atoms with Gasteiger partial charge in [0.1, 0.15) is 5.54 Å². The Morgan fingerprint density at radius 3 is 2.25 bits per heavy atom. The highest BCUT2D eigenvalue weighted by Crippen LogP contribution is 2.35. The standard InChI is InChI=1S/C13H23F3N2O2/c1-9(8-12(2,17-3)11(19)20)18-6-4-10(5-7-18)13(14,15)16/h9-10,17H,4-8H2,1-3H3,(H,19,20). The van der Waals surface area contributed by atoms with E-state index in [9.17, 15) is 23.1 Å². The van der Waals surface area contributed by atoms with Crippen LogP contribution in [0.3, 0.4) is 0 Å². The van der Waals surface area contributed by atoms with Crippen molar-refractivity contribution in [1.29, 1.82) is 0 Å². The lowest BCUT2D eigenvalue weighted by Gasteiger charge is -2.39. The minimum absolute atomic E-state index is 0.0715. The van der Waals surface area contributed by atoms with E-state index in [-0.39, 0.29) is 18.9 Å². The van der Waals surface area contributed by atoms with Crippen molar-refractivity contribution in [1.82, 2.24) is 10.2 Å². The van der Waals surface area contributed by atoms with Crippen LogP contribution in [0.4, 0.5) is 13.2 Å². The van der Waals surface area contributed by atoms with Gasteiger partial charge in [-0.25, -0.2) is 0 Å². The van der Waals surface area contributed by atoms with Crippen molar-refractivity contribution in [2.75, 3.05) is 20.1 Å². The molecule has 0 radical (unpaired) electrons. The van der Waals surface area contributed by atoms with E-state index in [1.165, 1.54) is 0 Å². The molecule has 2 unspecified atom stereocenters. The average Bonchev–Trinajstić information content (AvgIpc) is 2.37. The summed E-state index contributed by atoms with van der Waals surface area (Å²) in [5.41, 5.74) is -1.06. The molecule has 0 aromatic carbocycles. The molecule has 0 spiro atoms. The summed E-state index contributed by atoms with van der Waals surface area (Å²) in [6.07, 6.45) is -3.57. The largest absolute Gasteiger partial charge is 0.480 e. The van der Waals surface area contributed by atoms with Crippen molar-refractivity contribution in [2.45, 2.75) is 50.9 Å². The van der Waals surface area contributed by atoms with E-state index in [1.807, 2.05) is 11.8 Å². The van der Waals surface area contributed by atoms with Gasteiger partial charge in [0.15, 0.2) is 0 Å². The molecule has 2 N–H and O–H groups in total. The van der Waals surface area contributed by atoms with Crippen LogP contribution in [0.1, 0.15) is 33.1 Å². The number of alkyl halides is 3. The summed E-state index contributed by atoms with van der Waals surface area (Å²) in [5, 5.41) is 12.0. The molecule has 20 heavy (non-hydrogen) atoms. The fraction of sp³-hybridized carbons (Fsp3) is 0.923. The summed E-state index contributed by atoms with van der Waals surface area (Å²) in [4.78, 5) is 13.2. The molecule has 7 heteroatoms. The molecule has 0 aliphatic carbocycles. The first kappa shape index (κ1) is 17.2. The van der Waals surface area contributed by atoms with Crippen molar-refractivity contribution in [3.05, 3.63) is 0 Å². The van der Waals surface area contributed by atoms with Crippen molar-refractivity contribution < 1.29 is 23.1 Å². The lowest BCUT2D eigenvalue weighted by Crippen LogP contribution is -2.53. The van der Waals surface area contributed by atoms with Crippen LogP contribution in [0.15, 0.2) is 0 Å². The van der Waals surface area contributed by atoms with Crippen molar-refractivity contribution in [3.8, 4) is 0 Å². The highest BCUT2D eigenvalue weighted by Gasteiger charge is 2.42. The monoisotopic (exact) mass is 296 g/mol. The molecular weight excluding hydrogens is 273 g/mol. The highest BCUT2D eigenvalue weighted by atomic mass is 19.4. The molecule has 1 fully saturated rings. The Balaban J connectivity index is 2.55. The third-order valence-electron chi connectivity index (χ3n) is 4.34. The number of likely N-dealkylation sites (tertiary alicyclic amines) is 1. The van der Waals surface area contributed by atoms with Gasteiger partial charge < -0.3 is 15.3 Å². The molecule has 0 bridgehead atoms. The van der Waals surface area contributed by atoms with Crippen LogP contribution in [0.5, 0.6) is 0 Å². The van der Waals surface area contributed by atoms with Gasteiger partial charge in [0, 0.05) is 6.04 Å². The number of nitrogens with one attached hydrogen (secondary N) is 1. The molecule has 118 valence electrons. The zero-order chi connectivity index (χ0) is 15.6. The first-order chi connectivity index (χ1) is 9.10. The van der Waals surface area contributed by atoms with Gasteiger partial charge in [-0.15, -0.1) is 0 Å². The maximum Gasteiger partial charge on any atom is 0.391 e. The molecule has 1 aliphatic rings. The summed E-state index contributed by atoms with van der Waals surface area (Å²) >= 11 is 0. The fourth-order valence-corrected chi connectivity index (χ4v) is 2.68. The van der Waals surface area contributed by atoms with Crippen LogP contribution in [-0.2, 0) is 4.79 Å². The Morgan fingerprint density at radius 2 is 1.90 bits per heavy atom. The first-order valence-corrected chi connectivity index (χ1v) is 6.83. The minimum Gasteiger partial charge on any atom is -0.480 e. The van der Waals surface area contributed by atoms with Crippen LogP contribution in [0, 0.1) is 5.92 Å². The van der Waals surface area contributed by atoms with Gasteiger partial charge in [-0.2, -0.15) is 13.2 Å². The molecule has 2 atom stereocenters. The smallest absolute Gasteiger partial charge is 0.391 e. The van der Waals surface area contributed by atoms with Crippen molar-refractivity contribution in [2.24, 2.45) is 5.92 Å². The molecule has 0 saturated carbocycles. The predicted octanol–water partition coefficient (Wildman–Crippen LogP) is 2.10. The highest BCUT2D eigenvalue weighted by molar-refractivity contribution is 5.78. The van der Waals surface area contributed by atoms with Gasteiger partial charge in [0.05, 0.1) is 5.92 Å². The van der Waals surface area contributed by atoms with Gasteiger partial charge in [-0.05, 0) is 53.2 Å². The van der Waals surface area contributed by atoms with E-state index in [0.29, 0.717) is 19.5 Å². The van der Waals surface area contributed by atoms with Gasteiger partial charge in [-0.3, -0.25) is 4.79 Å². The number of nitrogens with zero attached hydrogens (tertiary/aromatic N) is 1. The van der Waals surface area contributed by atoms with Gasteiger partial charge >= 0.3 is 12.1 Å². The lowest BCUT2D eigenvalue weighted by molar-refractivity contribution is -0.186. The second kappa shape index (κ2) is 6.30. The number of carboxylic acid groups (broad SMARTS) is 1. The molecule has 1 saturated heterocycles. The van der Waals surface area contributed by atoms with E-state index in [2.05, 4.69) is 5.32 Å². The van der Waals surface area contributed by atoms with E-state index < -0.39 is 23.6 Å². The summed E-state index contributed by atoms with van der Waals surface area (Å²) in [6.45, 7) is 4.19. The van der Waals surface area contributed by atoms with E-state index in [4.69, 9.17) is 0 Å². The second-order valence-electron chi connectivity index (χ2n) is 5.79. The Hall–Kier alpha value is -0.820. The van der Waals surface area contributed by atoms with Crippen LogP contribution in [0.25, 0.3) is 0 Å². The van der Waals surface area contributed by atoms with E-state index >= 15 is 0 Å². The molecular formula is C13H23F3N2O2. The summed E-state index contributed by atoms with van der Waals surface area (Å²) < 4.78 is 37.8. The fourth-order valence-electron chi connectivity index (χ4n) is 2.68. The number of hydrogen-bond donors (Lipinski definition) is 2. The van der Waals surface area contributed by atoms with E-state index in [1.54, 1.807) is 14.0 Å².